The van der Waals surface area contributed by atoms with E-state index in [9.17, 15) is 13.6 Å². The van der Waals surface area contributed by atoms with Gasteiger partial charge in [0.05, 0.1) is 11.6 Å². The molecule has 0 bridgehead atoms. The number of carbonyl (C=O) groups is 1. The van der Waals surface area contributed by atoms with Crippen LogP contribution in [-0.4, -0.2) is 57.9 Å². The van der Waals surface area contributed by atoms with Crippen LogP contribution in [0.5, 0.6) is 0 Å². The lowest BCUT2D eigenvalue weighted by Crippen LogP contribution is -2.58. The molecular formula is C18H19F2N5O. The van der Waals surface area contributed by atoms with Crippen LogP contribution in [0.3, 0.4) is 0 Å². The van der Waals surface area contributed by atoms with Crippen LogP contribution in [0.15, 0.2) is 43.0 Å². The lowest BCUT2D eigenvalue weighted by molar-refractivity contribution is -0.150. The number of anilines is 1. The summed E-state index contributed by atoms with van der Waals surface area (Å²) >= 11 is 0. The molecule has 0 aromatic carbocycles. The summed E-state index contributed by atoms with van der Waals surface area (Å²) < 4.78 is 29.8. The number of aromatic nitrogens is 3. The Morgan fingerprint density at radius 2 is 1.92 bits per heavy atom. The Morgan fingerprint density at radius 3 is 2.65 bits per heavy atom. The van der Waals surface area contributed by atoms with Crippen LogP contribution in [0.2, 0.25) is 0 Å². The normalized spacial score (nSPS) is 24.8. The highest BCUT2D eigenvalue weighted by Gasteiger charge is 2.60. The third kappa shape index (κ3) is 2.79. The minimum absolute atomic E-state index is 0.0126. The molecule has 2 aliphatic rings. The number of hydrogen-bond acceptors (Lipinski definition) is 5. The van der Waals surface area contributed by atoms with Gasteiger partial charge in [-0.3, -0.25) is 9.78 Å². The van der Waals surface area contributed by atoms with Gasteiger partial charge in [-0.2, -0.15) is 0 Å². The van der Waals surface area contributed by atoms with E-state index < -0.39 is 11.3 Å². The Bertz CT molecular complexity index is 789. The molecule has 0 radical (unpaired) electrons. The van der Waals surface area contributed by atoms with E-state index in [1.165, 1.54) is 23.5 Å². The Kier molecular flexibility index (Phi) is 4.05. The van der Waals surface area contributed by atoms with E-state index in [-0.39, 0.29) is 37.7 Å². The summed E-state index contributed by atoms with van der Waals surface area (Å²) in [6.45, 7) is 0.716. The molecule has 0 unspecified atom stereocenters. The first-order valence-corrected chi connectivity index (χ1v) is 8.60. The van der Waals surface area contributed by atoms with Crippen molar-refractivity contribution in [1.82, 2.24) is 19.9 Å². The highest BCUT2D eigenvalue weighted by molar-refractivity contribution is 5.92. The number of hydrogen-bond donors (Lipinski definition) is 0. The van der Waals surface area contributed by atoms with Crippen molar-refractivity contribution in [3.8, 4) is 0 Å². The first-order valence-electron chi connectivity index (χ1n) is 8.60. The predicted octanol–water partition coefficient (Wildman–Crippen LogP) is 2.25. The molecule has 4 rings (SSSR count). The van der Waals surface area contributed by atoms with E-state index in [1.54, 1.807) is 12.3 Å². The molecule has 2 aromatic rings. The van der Waals surface area contributed by atoms with Crippen molar-refractivity contribution in [3.63, 3.8) is 0 Å². The Morgan fingerprint density at radius 1 is 1.04 bits per heavy atom. The number of alkyl halides is 2. The van der Waals surface area contributed by atoms with Gasteiger partial charge in [0.25, 0.3) is 11.8 Å². The van der Waals surface area contributed by atoms with Crippen LogP contribution in [0.1, 0.15) is 23.3 Å². The molecule has 2 aromatic heterocycles. The third-order valence-electron chi connectivity index (χ3n) is 5.36. The lowest BCUT2D eigenvalue weighted by atomic mass is 9.75. The van der Waals surface area contributed by atoms with Gasteiger partial charge in [-0.25, -0.2) is 18.7 Å². The number of carbonyl (C=O) groups excluding carboxylic acids is 1. The van der Waals surface area contributed by atoms with E-state index in [2.05, 4.69) is 15.0 Å². The fraction of sp³-hybridized carbons (Fsp3) is 0.444. The van der Waals surface area contributed by atoms with Gasteiger partial charge in [0.15, 0.2) is 0 Å². The van der Waals surface area contributed by atoms with Gasteiger partial charge in [0.1, 0.15) is 11.5 Å². The number of rotatable bonds is 2. The fourth-order valence-electron chi connectivity index (χ4n) is 3.88. The summed E-state index contributed by atoms with van der Waals surface area (Å²) in [4.78, 5) is 28.2. The summed E-state index contributed by atoms with van der Waals surface area (Å²) in [5, 5.41) is 0. The zero-order chi connectivity index (χ0) is 18.2. The van der Waals surface area contributed by atoms with Gasteiger partial charge in [-0.05, 0) is 18.6 Å². The largest absolute Gasteiger partial charge is 0.356 e. The molecule has 2 aliphatic heterocycles. The van der Waals surface area contributed by atoms with Crippen molar-refractivity contribution in [2.75, 3.05) is 31.1 Å². The summed E-state index contributed by atoms with van der Waals surface area (Å²) in [5.41, 5.74) is -1.08. The standard InChI is InChI=1S/C18H19F2N5O/c19-18(20)5-10-25(16(26)14-11-21-7-8-22-14)13-17(18)4-9-24(12-17)15-3-1-2-6-23-15/h1-3,6-8,11H,4-5,9-10,12-13H2/t17-/m0/s1. The van der Waals surface area contributed by atoms with Crippen LogP contribution < -0.4 is 4.90 Å². The van der Waals surface area contributed by atoms with E-state index in [0.717, 1.165) is 0 Å². The molecule has 0 N–H and O–H groups in total. The highest BCUT2D eigenvalue weighted by atomic mass is 19.3. The maximum absolute atomic E-state index is 14.9. The Hall–Kier alpha value is -2.64. The minimum Gasteiger partial charge on any atom is -0.356 e. The molecule has 0 aliphatic carbocycles. The zero-order valence-corrected chi connectivity index (χ0v) is 14.2. The average Bonchev–Trinajstić information content (AvgIpc) is 3.11. The van der Waals surface area contributed by atoms with Crippen molar-refractivity contribution in [3.05, 3.63) is 48.7 Å². The molecule has 1 atom stereocenters. The zero-order valence-electron chi connectivity index (χ0n) is 14.2. The smallest absolute Gasteiger partial charge is 0.274 e. The first kappa shape index (κ1) is 16.8. The second kappa shape index (κ2) is 6.26. The predicted molar refractivity (Wildman–Crippen MR) is 91.0 cm³/mol. The van der Waals surface area contributed by atoms with Crippen molar-refractivity contribution >= 4 is 11.7 Å². The molecular weight excluding hydrogens is 340 g/mol. The summed E-state index contributed by atoms with van der Waals surface area (Å²) in [7, 11) is 0. The van der Waals surface area contributed by atoms with Crippen molar-refractivity contribution in [2.45, 2.75) is 18.8 Å². The molecule has 2 fully saturated rings. The molecule has 1 spiro atoms. The Labute approximate surface area is 149 Å². The first-order chi connectivity index (χ1) is 12.5. The fourth-order valence-corrected chi connectivity index (χ4v) is 3.88. The molecule has 4 heterocycles. The van der Waals surface area contributed by atoms with Crippen molar-refractivity contribution in [2.24, 2.45) is 5.41 Å². The monoisotopic (exact) mass is 359 g/mol. The second-order valence-corrected chi connectivity index (χ2v) is 6.91. The summed E-state index contributed by atoms with van der Waals surface area (Å²) in [6, 6.07) is 5.46. The van der Waals surface area contributed by atoms with E-state index >= 15 is 0 Å². The van der Waals surface area contributed by atoms with Gasteiger partial charge >= 0.3 is 0 Å². The van der Waals surface area contributed by atoms with Crippen LogP contribution >= 0.6 is 0 Å². The number of halogens is 2. The van der Waals surface area contributed by atoms with Crippen LogP contribution in [0, 0.1) is 5.41 Å². The van der Waals surface area contributed by atoms with Gasteiger partial charge in [-0.15, -0.1) is 0 Å². The Balaban J connectivity index is 1.57. The van der Waals surface area contributed by atoms with Gasteiger partial charge in [0, 0.05) is 51.2 Å². The van der Waals surface area contributed by atoms with Crippen LogP contribution in [-0.2, 0) is 0 Å². The van der Waals surface area contributed by atoms with E-state index in [4.69, 9.17) is 0 Å². The average molecular weight is 359 g/mol. The minimum atomic E-state index is -2.82. The quantitative estimate of drug-likeness (QED) is 0.823. The molecule has 0 saturated carbocycles. The van der Waals surface area contributed by atoms with E-state index in [1.807, 2.05) is 17.0 Å². The van der Waals surface area contributed by atoms with Gasteiger partial charge in [-0.1, -0.05) is 6.07 Å². The van der Waals surface area contributed by atoms with Gasteiger partial charge in [0.2, 0.25) is 0 Å². The van der Waals surface area contributed by atoms with Crippen LogP contribution in [0.4, 0.5) is 14.6 Å². The molecule has 6 nitrogen and oxygen atoms in total. The second-order valence-electron chi connectivity index (χ2n) is 6.91. The number of pyridine rings is 1. The highest BCUT2D eigenvalue weighted by Crippen LogP contribution is 2.50. The molecule has 1 amide bonds. The summed E-state index contributed by atoms with van der Waals surface area (Å²) in [5.74, 6) is -2.47. The lowest BCUT2D eigenvalue weighted by Gasteiger charge is -2.45. The molecule has 136 valence electrons. The number of piperidine rings is 1. The SMILES string of the molecule is O=C(c1cnccn1)N1CCC(F)(F)[C@]2(CCN(c3ccccn3)C2)C1. The maximum atomic E-state index is 14.9. The number of amides is 1. The molecule has 8 heteroatoms. The maximum Gasteiger partial charge on any atom is 0.274 e. The third-order valence-corrected chi connectivity index (χ3v) is 5.36. The number of nitrogens with zero attached hydrogens (tertiary/aromatic N) is 5. The van der Waals surface area contributed by atoms with Crippen molar-refractivity contribution < 1.29 is 13.6 Å². The number of likely N-dealkylation sites (tertiary alicyclic amines) is 1. The summed E-state index contributed by atoms with van der Waals surface area (Å²) in [6.07, 6.45) is 5.92. The topological polar surface area (TPSA) is 62.2 Å². The van der Waals surface area contributed by atoms with E-state index in [0.29, 0.717) is 18.8 Å². The van der Waals surface area contributed by atoms with Crippen LogP contribution in [0.25, 0.3) is 0 Å². The van der Waals surface area contributed by atoms with Gasteiger partial charge < -0.3 is 9.80 Å². The van der Waals surface area contributed by atoms with Crippen molar-refractivity contribution in [1.29, 1.82) is 0 Å². The molecule has 2 saturated heterocycles. The molecule has 26 heavy (non-hydrogen) atoms.